The fraction of sp³-hybridized carbons (Fsp3) is 0. The van der Waals surface area contributed by atoms with Gasteiger partial charge >= 0.3 is 0 Å². The van der Waals surface area contributed by atoms with Crippen molar-refractivity contribution >= 4 is 11.8 Å². The molecule has 0 aliphatic carbocycles. The Morgan fingerprint density at radius 2 is 2.00 bits per heavy atom. The van der Waals surface area contributed by atoms with Crippen molar-refractivity contribution in [3.8, 4) is 6.07 Å². The highest BCUT2D eigenvalue weighted by atomic mass is 32.2. The van der Waals surface area contributed by atoms with E-state index < -0.39 is 11.6 Å². The molecule has 0 radical (unpaired) electrons. The lowest BCUT2D eigenvalue weighted by Crippen LogP contribution is -1.90. The van der Waals surface area contributed by atoms with Gasteiger partial charge in [0.25, 0.3) is 0 Å². The molecule has 2 rings (SSSR count). The fourth-order valence-corrected chi connectivity index (χ4v) is 1.86. The maximum absolute atomic E-state index is 12.9. The molecule has 0 unspecified atom stereocenters. The minimum atomic E-state index is -0.925. The van der Waals surface area contributed by atoms with Gasteiger partial charge in [0, 0.05) is 11.1 Å². The Morgan fingerprint density at radius 1 is 1.18 bits per heavy atom. The van der Waals surface area contributed by atoms with Crippen LogP contribution in [0.2, 0.25) is 0 Å². The molecule has 0 aliphatic heterocycles. The van der Waals surface area contributed by atoms with Crippen molar-refractivity contribution in [3.63, 3.8) is 0 Å². The Hall–Kier alpha value is -2.00. The SMILES string of the molecule is N#Cc1ccnc(Sc2ccc(F)c(F)c2)n1. The van der Waals surface area contributed by atoms with E-state index in [9.17, 15) is 8.78 Å². The molecule has 0 spiro atoms. The van der Waals surface area contributed by atoms with Crippen LogP contribution in [-0.2, 0) is 0 Å². The smallest absolute Gasteiger partial charge is 0.193 e. The topological polar surface area (TPSA) is 49.6 Å². The predicted octanol–water partition coefficient (Wildman–Crippen LogP) is 2.78. The van der Waals surface area contributed by atoms with Crippen molar-refractivity contribution in [1.29, 1.82) is 5.26 Å². The van der Waals surface area contributed by atoms with Gasteiger partial charge in [-0.15, -0.1) is 0 Å². The zero-order chi connectivity index (χ0) is 12.3. The van der Waals surface area contributed by atoms with E-state index in [4.69, 9.17) is 5.26 Å². The minimum Gasteiger partial charge on any atom is -0.231 e. The maximum Gasteiger partial charge on any atom is 0.193 e. The van der Waals surface area contributed by atoms with Gasteiger partial charge in [0.05, 0.1) is 0 Å². The molecular weight excluding hydrogens is 244 g/mol. The average Bonchev–Trinajstić information content (AvgIpc) is 2.34. The monoisotopic (exact) mass is 249 g/mol. The Bertz CT molecular complexity index is 596. The number of nitrogens with zero attached hydrogens (tertiary/aromatic N) is 3. The van der Waals surface area contributed by atoms with Crippen LogP contribution in [0.4, 0.5) is 8.78 Å². The van der Waals surface area contributed by atoms with Crippen molar-refractivity contribution in [2.24, 2.45) is 0 Å². The zero-order valence-electron chi connectivity index (χ0n) is 8.39. The number of benzene rings is 1. The molecule has 6 heteroatoms. The first-order chi connectivity index (χ1) is 8.19. The summed E-state index contributed by atoms with van der Waals surface area (Å²) in [5, 5.41) is 8.96. The standard InChI is InChI=1S/C11H5F2N3S/c12-9-2-1-8(5-10(9)13)17-11-15-4-3-7(6-14)16-11/h1-5H. The summed E-state index contributed by atoms with van der Waals surface area (Å²) in [6.07, 6.45) is 1.44. The Kier molecular flexibility index (Phi) is 3.30. The molecule has 0 bridgehead atoms. The molecular formula is C11H5F2N3S. The highest BCUT2D eigenvalue weighted by Gasteiger charge is 2.06. The van der Waals surface area contributed by atoms with Gasteiger partial charge in [-0.3, -0.25) is 0 Å². The summed E-state index contributed by atoms with van der Waals surface area (Å²) in [6, 6.07) is 6.86. The molecule has 0 N–H and O–H groups in total. The van der Waals surface area contributed by atoms with Crippen LogP contribution >= 0.6 is 11.8 Å². The number of aromatic nitrogens is 2. The normalized spacial score (nSPS) is 9.94. The van der Waals surface area contributed by atoms with Crippen LogP contribution in [-0.4, -0.2) is 9.97 Å². The lowest BCUT2D eigenvalue weighted by atomic mass is 10.3. The molecule has 2 aromatic rings. The molecule has 1 aromatic heterocycles. The van der Waals surface area contributed by atoms with E-state index in [1.807, 2.05) is 6.07 Å². The van der Waals surface area contributed by atoms with Crippen LogP contribution in [0.15, 0.2) is 40.5 Å². The number of hydrogen-bond donors (Lipinski definition) is 0. The van der Waals surface area contributed by atoms with E-state index in [2.05, 4.69) is 9.97 Å². The molecule has 1 aromatic carbocycles. The molecule has 0 aliphatic rings. The van der Waals surface area contributed by atoms with Gasteiger partial charge in [-0.05, 0) is 36.0 Å². The summed E-state index contributed by atoms with van der Waals surface area (Å²) >= 11 is 1.06. The van der Waals surface area contributed by atoms with E-state index in [0.29, 0.717) is 10.1 Å². The van der Waals surface area contributed by atoms with Gasteiger partial charge in [0.15, 0.2) is 16.8 Å². The summed E-state index contributed by atoms with van der Waals surface area (Å²) in [5.41, 5.74) is 0.227. The summed E-state index contributed by atoms with van der Waals surface area (Å²) in [6.45, 7) is 0. The van der Waals surface area contributed by atoms with E-state index in [1.54, 1.807) is 0 Å². The number of rotatable bonds is 2. The number of hydrogen-bond acceptors (Lipinski definition) is 4. The highest BCUT2D eigenvalue weighted by molar-refractivity contribution is 7.99. The first-order valence-electron chi connectivity index (χ1n) is 4.55. The fourth-order valence-electron chi connectivity index (χ4n) is 1.10. The third kappa shape index (κ3) is 2.77. The Morgan fingerprint density at radius 3 is 2.71 bits per heavy atom. The second-order valence-electron chi connectivity index (χ2n) is 3.01. The van der Waals surface area contributed by atoms with Gasteiger partial charge < -0.3 is 0 Å². The van der Waals surface area contributed by atoms with Crippen LogP contribution in [0.25, 0.3) is 0 Å². The van der Waals surface area contributed by atoms with Crippen molar-refractivity contribution in [3.05, 3.63) is 47.8 Å². The van der Waals surface area contributed by atoms with Crippen LogP contribution in [0.3, 0.4) is 0 Å². The number of nitriles is 1. The molecule has 0 amide bonds. The average molecular weight is 249 g/mol. The van der Waals surface area contributed by atoms with Crippen molar-refractivity contribution in [2.75, 3.05) is 0 Å². The summed E-state index contributed by atoms with van der Waals surface area (Å²) in [7, 11) is 0. The van der Waals surface area contributed by atoms with E-state index in [0.717, 1.165) is 23.9 Å². The van der Waals surface area contributed by atoms with E-state index in [-0.39, 0.29) is 5.69 Å². The highest BCUT2D eigenvalue weighted by Crippen LogP contribution is 2.25. The molecule has 84 valence electrons. The molecule has 0 atom stereocenters. The largest absolute Gasteiger partial charge is 0.231 e. The number of halogens is 2. The third-order valence-corrected chi connectivity index (χ3v) is 2.72. The van der Waals surface area contributed by atoms with Crippen LogP contribution < -0.4 is 0 Å². The van der Waals surface area contributed by atoms with Crippen molar-refractivity contribution in [2.45, 2.75) is 10.1 Å². The van der Waals surface area contributed by atoms with Crippen molar-refractivity contribution in [1.82, 2.24) is 9.97 Å². The van der Waals surface area contributed by atoms with Crippen LogP contribution in [0.1, 0.15) is 5.69 Å². The minimum absolute atomic E-state index is 0.227. The first kappa shape index (κ1) is 11.5. The van der Waals surface area contributed by atoms with Gasteiger partial charge in [0.2, 0.25) is 0 Å². The second-order valence-corrected chi connectivity index (χ2v) is 4.05. The first-order valence-corrected chi connectivity index (χ1v) is 5.37. The summed E-state index contributed by atoms with van der Waals surface area (Å²) < 4.78 is 25.6. The molecule has 0 fully saturated rings. The second kappa shape index (κ2) is 4.89. The molecule has 17 heavy (non-hydrogen) atoms. The summed E-state index contributed by atoms with van der Waals surface area (Å²) in [5.74, 6) is -1.83. The van der Waals surface area contributed by atoms with Gasteiger partial charge in [-0.2, -0.15) is 5.26 Å². The lowest BCUT2D eigenvalue weighted by Gasteiger charge is -2.00. The quantitative estimate of drug-likeness (QED) is 0.768. The third-order valence-electron chi connectivity index (χ3n) is 1.85. The maximum atomic E-state index is 12.9. The summed E-state index contributed by atoms with van der Waals surface area (Å²) in [4.78, 5) is 8.30. The Balaban J connectivity index is 2.25. The van der Waals surface area contributed by atoms with E-state index >= 15 is 0 Å². The molecule has 0 saturated heterocycles. The molecule has 3 nitrogen and oxygen atoms in total. The van der Waals surface area contributed by atoms with Gasteiger partial charge in [0.1, 0.15) is 11.8 Å². The Labute approximate surface area is 100 Å². The van der Waals surface area contributed by atoms with Gasteiger partial charge in [-0.1, -0.05) is 0 Å². The van der Waals surface area contributed by atoms with Gasteiger partial charge in [-0.25, -0.2) is 18.7 Å². The van der Waals surface area contributed by atoms with Crippen LogP contribution in [0.5, 0.6) is 0 Å². The molecule has 0 saturated carbocycles. The van der Waals surface area contributed by atoms with Crippen molar-refractivity contribution < 1.29 is 8.78 Å². The molecule has 1 heterocycles. The zero-order valence-corrected chi connectivity index (χ0v) is 9.21. The van der Waals surface area contributed by atoms with E-state index in [1.165, 1.54) is 18.3 Å². The predicted molar refractivity (Wildman–Crippen MR) is 57.2 cm³/mol. The lowest BCUT2D eigenvalue weighted by molar-refractivity contribution is 0.506. The van der Waals surface area contributed by atoms with Crippen LogP contribution in [0, 0.1) is 23.0 Å².